The van der Waals surface area contributed by atoms with Gasteiger partial charge >= 0.3 is 0 Å². The highest BCUT2D eigenvalue weighted by Gasteiger charge is 2.24. The molecule has 0 bridgehead atoms. The van der Waals surface area contributed by atoms with Crippen LogP contribution in [0.2, 0.25) is 0 Å². The van der Waals surface area contributed by atoms with E-state index in [0.29, 0.717) is 5.56 Å². The van der Waals surface area contributed by atoms with E-state index in [-0.39, 0.29) is 10.6 Å². The van der Waals surface area contributed by atoms with Crippen LogP contribution < -0.4 is 4.90 Å². The number of hydrogen-bond donors (Lipinski definition) is 0. The van der Waals surface area contributed by atoms with Gasteiger partial charge in [0.25, 0.3) is 0 Å². The molecule has 0 amide bonds. The second-order valence-corrected chi connectivity index (χ2v) is 6.92. The highest BCUT2D eigenvalue weighted by molar-refractivity contribution is 8.00. The van der Waals surface area contributed by atoms with Gasteiger partial charge in [0.15, 0.2) is 0 Å². The third-order valence-electron chi connectivity index (χ3n) is 3.26. The molecule has 0 spiro atoms. The first-order valence-corrected chi connectivity index (χ1v) is 7.09. The van der Waals surface area contributed by atoms with Crippen LogP contribution in [0.15, 0.2) is 18.2 Å². The summed E-state index contributed by atoms with van der Waals surface area (Å²) in [7, 11) is 0. The van der Waals surface area contributed by atoms with Crippen LogP contribution in [-0.4, -0.2) is 23.6 Å². The molecular weight excluding hydrogens is 247 g/mol. The molecule has 2 nitrogen and oxygen atoms in total. The topological polar surface area (TPSA) is 27.0 Å². The van der Waals surface area contributed by atoms with Gasteiger partial charge < -0.3 is 4.90 Å². The Labute approximate surface area is 112 Å². The van der Waals surface area contributed by atoms with Gasteiger partial charge in [-0.3, -0.25) is 0 Å². The first kappa shape index (κ1) is 13.2. The van der Waals surface area contributed by atoms with Gasteiger partial charge in [0.05, 0.1) is 11.3 Å². The molecule has 0 unspecified atom stereocenters. The maximum Gasteiger partial charge on any atom is 0.124 e. The molecule has 0 radical (unpaired) electrons. The lowest BCUT2D eigenvalue weighted by atomic mass is 10.1. The molecule has 0 aromatic heterocycles. The number of rotatable bonds is 1. The van der Waals surface area contributed by atoms with E-state index in [4.69, 9.17) is 5.26 Å². The van der Waals surface area contributed by atoms with Crippen LogP contribution in [0.1, 0.15) is 25.8 Å². The number of thioether (sulfide) groups is 1. The molecule has 4 heteroatoms. The van der Waals surface area contributed by atoms with E-state index in [9.17, 15) is 4.39 Å². The van der Waals surface area contributed by atoms with Crippen molar-refractivity contribution in [2.24, 2.45) is 0 Å². The van der Waals surface area contributed by atoms with Gasteiger partial charge in [-0.2, -0.15) is 17.0 Å². The van der Waals surface area contributed by atoms with E-state index in [1.54, 1.807) is 6.07 Å². The van der Waals surface area contributed by atoms with Gasteiger partial charge in [0.2, 0.25) is 0 Å². The average Bonchev–Trinajstić information content (AvgIpc) is 2.50. The summed E-state index contributed by atoms with van der Waals surface area (Å²) in [4.78, 5) is 2.19. The molecule has 0 N–H and O–H groups in total. The standard InChI is InChI=1S/C14H17FN2S/c1-14(2)5-6-17(7-8-18-14)13-4-3-12(15)9-11(13)10-16/h3-4,9H,5-8H2,1-2H3. The van der Waals surface area contributed by atoms with Crippen molar-refractivity contribution in [3.05, 3.63) is 29.6 Å². The van der Waals surface area contributed by atoms with Gasteiger partial charge in [0.1, 0.15) is 11.9 Å². The number of nitriles is 1. The van der Waals surface area contributed by atoms with Crippen molar-refractivity contribution in [1.82, 2.24) is 0 Å². The van der Waals surface area contributed by atoms with E-state index in [2.05, 4.69) is 24.8 Å². The molecule has 96 valence electrons. The molecule has 0 aliphatic carbocycles. The van der Waals surface area contributed by atoms with Gasteiger partial charge in [0, 0.05) is 23.6 Å². The Balaban J connectivity index is 2.24. The van der Waals surface area contributed by atoms with Crippen LogP contribution in [0.3, 0.4) is 0 Å². The molecular formula is C14H17FN2S. The number of nitrogens with zero attached hydrogens (tertiary/aromatic N) is 2. The first-order chi connectivity index (χ1) is 8.52. The third-order valence-corrected chi connectivity index (χ3v) is 4.63. The Kier molecular flexibility index (Phi) is 3.82. The Morgan fingerprint density at radius 1 is 1.39 bits per heavy atom. The maximum absolute atomic E-state index is 13.1. The zero-order valence-electron chi connectivity index (χ0n) is 10.7. The van der Waals surface area contributed by atoms with Gasteiger partial charge in [-0.25, -0.2) is 4.39 Å². The quantitative estimate of drug-likeness (QED) is 0.777. The van der Waals surface area contributed by atoms with Crippen molar-refractivity contribution in [2.75, 3.05) is 23.7 Å². The van der Waals surface area contributed by atoms with Gasteiger partial charge in [-0.05, 0) is 24.6 Å². The average molecular weight is 264 g/mol. The van der Waals surface area contributed by atoms with Gasteiger partial charge in [-0.1, -0.05) is 13.8 Å². The Morgan fingerprint density at radius 3 is 2.89 bits per heavy atom. The van der Waals surface area contributed by atoms with Crippen molar-refractivity contribution in [2.45, 2.75) is 25.0 Å². The molecule has 18 heavy (non-hydrogen) atoms. The lowest BCUT2D eigenvalue weighted by Crippen LogP contribution is -2.27. The van der Waals surface area contributed by atoms with Crippen LogP contribution in [0, 0.1) is 17.1 Å². The number of hydrogen-bond acceptors (Lipinski definition) is 3. The van der Waals surface area contributed by atoms with Crippen molar-refractivity contribution in [3.63, 3.8) is 0 Å². The lowest BCUT2D eigenvalue weighted by Gasteiger charge is -2.25. The van der Waals surface area contributed by atoms with Crippen LogP contribution in [0.4, 0.5) is 10.1 Å². The van der Waals surface area contributed by atoms with Crippen molar-refractivity contribution in [1.29, 1.82) is 5.26 Å². The highest BCUT2D eigenvalue weighted by Crippen LogP contribution is 2.33. The predicted octanol–water partition coefficient (Wildman–Crippen LogP) is 3.42. The summed E-state index contributed by atoms with van der Waals surface area (Å²) in [6.07, 6.45) is 1.07. The number of halogens is 1. The summed E-state index contributed by atoms with van der Waals surface area (Å²) in [5.41, 5.74) is 1.29. The van der Waals surface area contributed by atoms with E-state index < -0.39 is 0 Å². The molecule has 1 heterocycles. The fourth-order valence-electron chi connectivity index (χ4n) is 2.13. The van der Waals surface area contributed by atoms with E-state index >= 15 is 0 Å². The second-order valence-electron chi connectivity index (χ2n) is 5.12. The second kappa shape index (κ2) is 5.19. The largest absolute Gasteiger partial charge is 0.370 e. The minimum absolute atomic E-state index is 0.279. The molecule has 0 saturated carbocycles. The van der Waals surface area contributed by atoms with Crippen molar-refractivity contribution >= 4 is 17.4 Å². The first-order valence-electron chi connectivity index (χ1n) is 6.10. The van der Waals surface area contributed by atoms with Crippen molar-refractivity contribution < 1.29 is 4.39 Å². The molecule has 1 aliphatic heterocycles. The zero-order valence-corrected chi connectivity index (χ0v) is 11.6. The van der Waals surface area contributed by atoms with Crippen LogP contribution in [0.5, 0.6) is 0 Å². The lowest BCUT2D eigenvalue weighted by molar-refractivity contribution is 0.623. The summed E-state index contributed by atoms with van der Waals surface area (Å²) < 4.78 is 13.4. The van der Waals surface area contributed by atoms with E-state index in [1.807, 2.05) is 11.8 Å². The van der Waals surface area contributed by atoms with Crippen LogP contribution in [0.25, 0.3) is 0 Å². The normalized spacial score (nSPS) is 19.1. The highest BCUT2D eigenvalue weighted by atomic mass is 32.2. The predicted molar refractivity (Wildman–Crippen MR) is 74.5 cm³/mol. The Morgan fingerprint density at radius 2 is 2.17 bits per heavy atom. The summed E-state index contributed by atoms with van der Waals surface area (Å²) in [5.74, 6) is 0.690. The fraction of sp³-hybridized carbons (Fsp3) is 0.500. The minimum Gasteiger partial charge on any atom is -0.370 e. The summed E-state index contributed by atoms with van der Waals surface area (Å²) in [6, 6.07) is 6.55. The van der Waals surface area contributed by atoms with Gasteiger partial charge in [-0.15, -0.1) is 0 Å². The third kappa shape index (κ3) is 2.97. The molecule has 1 saturated heterocycles. The minimum atomic E-state index is -0.347. The molecule has 1 aromatic carbocycles. The van der Waals surface area contributed by atoms with Crippen LogP contribution in [-0.2, 0) is 0 Å². The molecule has 1 fully saturated rings. The summed E-state index contributed by atoms with van der Waals surface area (Å²) in [6.45, 7) is 6.32. The summed E-state index contributed by atoms with van der Waals surface area (Å²) >= 11 is 1.96. The fourth-order valence-corrected chi connectivity index (χ4v) is 3.23. The molecule has 0 atom stereocenters. The van der Waals surface area contributed by atoms with E-state index in [1.165, 1.54) is 12.1 Å². The number of benzene rings is 1. The van der Waals surface area contributed by atoms with Crippen molar-refractivity contribution in [3.8, 4) is 6.07 Å². The molecule has 2 rings (SSSR count). The summed E-state index contributed by atoms with van der Waals surface area (Å²) in [5, 5.41) is 9.10. The Bertz CT molecular complexity index is 479. The Hall–Kier alpha value is -1.21. The molecule has 1 aromatic rings. The van der Waals surface area contributed by atoms with Crippen LogP contribution >= 0.6 is 11.8 Å². The number of anilines is 1. The SMILES string of the molecule is CC1(C)CCN(c2ccc(F)cc2C#N)CCS1. The smallest absolute Gasteiger partial charge is 0.124 e. The molecule has 1 aliphatic rings. The monoisotopic (exact) mass is 264 g/mol. The zero-order chi connectivity index (χ0) is 13.2. The maximum atomic E-state index is 13.1. The van der Waals surface area contributed by atoms with E-state index in [0.717, 1.165) is 31.0 Å².